The number of benzene rings is 2. The highest BCUT2D eigenvalue weighted by molar-refractivity contribution is 5.94. The van der Waals surface area contributed by atoms with Crippen LogP contribution in [0, 0.1) is 6.92 Å². The van der Waals surface area contributed by atoms with E-state index in [9.17, 15) is 9.59 Å². The number of methoxy groups -OCH3 is 1. The van der Waals surface area contributed by atoms with Gasteiger partial charge in [0, 0.05) is 0 Å². The van der Waals surface area contributed by atoms with Crippen molar-refractivity contribution in [1.29, 1.82) is 0 Å². The van der Waals surface area contributed by atoms with Crippen LogP contribution < -0.4 is 10.1 Å². The molecule has 2 aromatic rings. The molecule has 0 spiro atoms. The molecule has 0 aliphatic rings. The Morgan fingerprint density at radius 3 is 2.52 bits per heavy atom. The van der Waals surface area contributed by atoms with Crippen LogP contribution in [0.3, 0.4) is 0 Å². The second-order valence-corrected chi connectivity index (χ2v) is 5.93. The van der Waals surface area contributed by atoms with E-state index >= 15 is 0 Å². The maximum absolute atomic E-state index is 12.0. The predicted octanol–water partition coefficient (Wildman–Crippen LogP) is 3.68. The maximum Gasteiger partial charge on any atom is 0.306 e. The first-order valence-electron chi connectivity index (χ1n) is 8.14. The summed E-state index contributed by atoms with van der Waals surface area (Å²) in [6.07, 6.45) is 0.227. The van der Waals surface area contributed by atoms with E-state index in [0.717, 1.165) is 11.1 Å². The first kappa shape index (κ1) is 18.5. The molecule has 0 aromatic heterocycles. The average Bonchev–Trinajstić information content (AvgIpc) is 2.61. The van der Waals surface area contributed by atoms with Crippen molar-refractivity contribution in [2.24, 2.45) is 0 Å². The van der Waals surface area contributed by atoms with Gasteiger partial charge in [-0.15, -0.1) is 0 Å². The van der Waals surface area contributed by atoms with Gasteiger partial charge in [-0.05, 0) is 36.1 Å². The average molecular weight is 341 g/mol. The van der Waals surface area contributed by atoms with Crippen molar-refractivity contribution < 1.29 is 19.1 Å². The summed E-state index contributed by atoms with van der Waals surface area (Å²) in [4.78, 5) is 23.9. The Hall–Kier alpha value is -2.82. The van der Waals surface area contributed by atoms with E-state index in [2.05, 4.69) is 5.32 Å². The molecule has 5 nitrogen and oxygen atoms in total. The molecule has 0 aliphatic carbocycles. The van der Waals surface area contributed by atoms with Crippen molar-refractivity contribution >= 4 is 17.6 Å². The molecule has 0 bridgehead atoms. The van der Waals surface area contributed by atoms with E-state index in [4.69, 9.17) is 9.47 Å². The number of amides is 1. The minimum atomic E-state index is -0.400. The minimum Gasteiger partial charge on any atom is -0.495 e. The van der Waals surface area contributed by atoms with Crippen LogP contribution in [-0.4, -0.2) is 25.6 Å². The number of hydrogen-bond acceptors (Lipinski definition) is 4. The lowest BCUT2D eigenvalue weighted by Gasteiger charge is -2.13. The van der Waals surface area contributed by atoms with Crippen molar-refractivity contribution in [2.45, 2.75) is 26.2 Å². The quantitative estimate of drug-likeness (QED) is 0.780. The van der Waals surface area contributed by atoms with Gasteiger partial charge >= 0.3 is 5.97 Å². The third-order valence-electron chi connectivity index (χ3n) is 3.83. The number of ether oxygens (including phenoxy) is 2. The molecule has 1 amide bonds. The molecule has 132 valence electrons. The van der Waals surface area contributed by atoms with Gasteiger partial charge in [-0.2, -0.15) is 0 Å². The summed E-state index contributed by atoms with van der Waals surface area (Å²) >= 11 is 0. The Kier molecular flexibility index (Phi) is 6.57. The largest absolute Gasteiger partial charge is 0.495 e. The van der Waals surface area contributed by atoms with Gasteiger partial charge in [0.1, 0.15) is 5.75 Å². The summed E-state index contributed by atoms with van der Waals surface area (Å²) in [5, 5.41) is 2.70. The summed E-state index contributed by atoms with van der Waals surface area (Å²) < 4.78 is 10.3. The molecule has 25 heavy (non-hydrogen) atoms. The molecule has 1 N–H and O–H groups in total. The monoisotopic (exact) mass is 341 g/mol. The van der Waals surface area contributed by atoms with E-state index in [0.29, 0.717) is 11.4 Å². The number of aryl methyl sites for hydroxylation is 1. The van der Waals surface area contributed by atoms with Gasteiger partial charge in [0.05, 0.1) is 19.2 Å². The first-order chi connectivity index (χ1) is 12.0. The van der Waals surface area contributed by atoms with Crippen LogP contribution in [-0.2, 0) is 14.3 Å². The lowest BCUT2D eigenvalue weighted by Crippen LogP contribution is -2.21. The molecule has 0 aliphatic heterocycles. The third-order valence-corrected chi connectivity index (χ3v) is 3.83. The van der Waals surface area contributed by atoms with E-state index < -0.39 is 11.9 Å². The summed E-state index contributed by atoms with van der Waals surface area (Å²) in [5.74, 6) is -0.205. The van der Waals surface area contributed by atoms with Crippen molar-refractivity contribution in [3.8, 4) is 5.75 Å². The fourth-order valence-corrected chi connectivity index (χ4v) is 2.46. The van der Waals surface area contributed by atoms with Crippen molar-refractivity contribution in [1.82, 2.24) is 0 Å². The smallest absolute Gasteiger partial charge is 0.306 e. The second-order valence-electron chi connectivity index (χ2n) is 5.93. The number of hydrogen-bond donors (Lipinski definition) is 1. The van der Waals surface area contributed by atoms with Gasteiger partial charge in [-0.1, -0.05) is 43.3 Å². The zero-order valence-corrected chi connectivity index (χ0v) is 14.7. The standard InChI is InChI=1S/C20H23NO4/c1-14-9-10-18(24-3)17(11-14)21-19(22)13-25-20(23)12-15(2)16-7-5-4-6-8-16/h4-11,15H,12-13H2,1-3H3,(H,21,22)/t15-/m1/s1. The van der Waals surface area contributed by atoms with Gasteiger partial charge in [-0.25, -0.2) is 0 Å². The lowest BCUT2D eigenvalue weighted by atomic mass is 9.98. The van der Waals surface area contributed by atoms with Crippen molar-refractivity contribution in [3.63, 3.8) is 0 Å². The number of nitrogens with one attached hydrogen (secondary N) is 1. The zero-order valence-electron chi connectivity index (χ0n) is 14.7. The van der Waals surface area contributed by atoms with Gasteiger partial charge in [0.2, 0.25) is 0 Å². The van der Waals surface area contributed by atoms with Crippen LogP contribution in [0.15, 0.2) is 48.5 Å². The molecule has 2 aromatic carbocycles. The van der Waals surface area contributed by atoms with E-state index in [1.54, 1.807) is 12.1 Å². The van der Waals surface area contributed by atoms with Crippen LogP contribution in [0.2, 0.25) is 0 Å². The van der Waals surface area contributed by atoms with Crippen LogP contribution in [0.5, 0.6) is 5.75 Å². The van der Waals surface area contributed by atoms with Gasteiger partial charge in [0.25, 0.3) is 5.91 Å². The Morgan fingerprint density at radius 1 is 1.12 bits per heavy atom. The SMILES string of the molecule is COc1ccc(C)cc1NC(=O)COC(=O)C[C@@H](C)c1ccccc1. The van der Waals surface area contributed by atoms with E-state index in [1.807, 2.05) is 50.2 Å². The number of anilines is 1. The van der Waals surface area contributed by atoms with E-state index in [1.165, 1.54) is 7.11 Å². The number of carbonyl (C=O) groups excluding carboxylic acids is 2. The summed E-state index contributed by atoms with van der Waals surface area (Å²) in [7, 11) is 1.53. The van der Waals surface area contributed by atoms with Crippen LogP contribution in [0.25, 0.3) is 0 Å². The molecule has 0 radical (unpaired) electrons. The molecule has 0 unspecified atom stereocenters. The Bertz CT molecular complexity index is 728. The topological polar surface area (TPSA) is 64.6 Å². The fourth-order valence-electron chi connectivity index (χ4n) is 2.46. The number of carbonyl (C=O) groups is 2. The molecular weight excluding hydrogens is 318 g/mol. The Morgan fingerprint density at radius 2 is 1.84 bits per heavy atom. The van der Waals surface area contributed by atoms with Crippen LogP contribution in [0.4, 0.5) is 5.69 Å². The van der Waals surface area contributed by atoms with Gasteiger partial charge in [-0.3, -0.25) is 9.59 Å². The maximum atomic E-state index is 12.0. The van der Waals surface area contributed by atoms with Crippen molar-refractivity contribution in [3.05, 3.63) is 59.7 Å². The van der Waals surface area contributed by atoms with Crippen LogP contribution in [0.1, 0.15) is 30.4 Å². The zero-order chi connectivity index (χ0) is 18.2. The highest BCUT2D eigenvalue weighted by Gasteiger charge is 2.14. The van der Waals surface area contributed by atoms with Crippen molar-refractivity contribution in [2.75, 3.05) is 19.0 Å². The predicted molar refractivity (Wildman–Crippen MR) is 96.8 cm³/mol. The normalized spacial score (nSPS) is 11.5. The van der Waals surface area contributed by atoms with Crippen LogP contribution >= 0.6 is 0 Å². The molecule has 1 atom stereocenters. The van der Waals surface area contributed by atoms with Gasteiger partial charge in [0.15, 0.2) is 6.61 Å². The fraction of sp³-hybridized carbons (Fsp3) is 0.300. The second kappa shape index (κ2) is 8.87. The Balaban J connectivity index is 1.83. The molecule has 2 rings (SSSR count). The number of esters is 1. The molecule has 5 heteroatoms. The molecular formula is C20H23NO4. The van der Waals surface area contributed by atoms with E-state index in [-0.39, 0.29) is 18.9 Å². The lowest BCUT2D eigenvalue weighted by molar-refractivity contribution is -0.147. The molecule has 0 fully saturated rings. The highest BCUT2D eigenvalue weighted by atomic mass is 16.5. The minimum absolute atomic E-state index is 0.0358. The highest BCUT2D eigenvalue weighted by Crippen LogP contribution is 2.25. The third kappa shape index (κ3) is 5.64. The molecule has 0 saturated carbocycles. The molecule has 0 saturated heterocycles. The number of rotatable bonds is 7. The molecule has 0 heterocycles. The summed E-state index contributed by atoms with van der Waals surface area (Å²) in [6.45, 7) is 3.55. The summed E-state index contributed by atoms with van der Waals surface area (Å²) in [6, 6.07) is 15.2. The first-order valence-corrected chi connectivity index (χ1v) is 8.14. The van der Waals surface area contributed by atoms with Gasteiger partial charge < -0.3 is 14.8 Å². The Labute approximate surface area is 148 Å². The summed E-state index contributed by atoms with van der Waals surface area (Å²) in [5.41, 5.74) is 2.61.